The minimum atomic E-state index is -1.66. The van der Waals surface area contributed by atoms with E-state index in [0.29, 0.717) is 19.3 Å². The molecule has 9 atom stereocenters. The predicted octanol–water partition coefficient (Wildman–Crippen LogP) is 17.8. The Hall–Kier alpha value is -1.15. The molecule has 0 radical (unpaired) electrons. The van der Waals surface area contributed by atoms with Crippen molar-refractivity contribution in [3.8, 4) is 0 Å². The summed E-state index contributed by atoms with van der Waals surface area (Å²) >= 11 is 0. The molecule has 11 heteroatoms. The molecule has 0 saturated carbocycles. The molecule has 0 aromatic carbocycles. The van der Waals surface area contributed by atoms with E-state index in [2.05, 4.69) is 31.3 Å². The number of aliphatic hydroxyl groups excluding tert-OH is 7. The van der Waals surface area contributed by atoms with E-state index in [1.807, 2.05) is 0 Å². The van der Waals surface area contributed by atoms with Crippen molar-refractivity contribution in [1.82, 2.24) is 5.32 Å². The van der Waals surface area contributed by atoms with Gasteiger partial charge in [-0.15, -0.1) is 0 Å². The van der Waals surface area contributed by atoms with Gasteiger partial charge in [-0.2, -0.15) is 0 Å². The van der Waals surface area contributed by atoms with Crippen LogP contribution >= 0.6 is 0 Å². The normalized spacial score (nSPS) is 19.0. The average molecular weight is 1180 g/mol. The van der Waals surface area contributed by atoms with Gasteiger partial charge in [0.2, 0.25) is 5.91 Å². The summed E-state index contributed by atoms with van der Waals surface area (Å²) < 4.78 is 11.2. The number of allylic oxidation sites excluding steroid dienone is 2. The molecule has 0 aromatic heterocycles. The fourth-order valence-corrected chi connectivity index (χ4v) is 12.2. The van der Waals surface area contributed by atoms with Crippen molar-refractivity contribution in [2.75, 3.05) is 13.2 Å². The van der Waals surface area contributed by atoms with Gasteiger partial charge in [0.25, 0.3) is 0 Å². The van der Waals surface area contributed by atoms with E-state index in [1.165, 1.54) is 295 Å². The fourth-order valence-electron chi connectivity index (χ4n) is 12.2. The van der Waals surface area contributed by atoms with E-state index < -0.39 is 74.2 Å². The van der Waals surface area contributed by atoms with E-state index in [9.17, 15) is 40.5 Å². The molecular formula is C72H141NO10. The molecule has 9 unspecified atom stereocenters. The van der Waals surface area contributed by atoms with Crippen molar-refractivity contribution in [2.45, 2.75) is 428 Å². The number of carbonyl (C=O) groups is 1. The number of rotatable bonds is 65. The van der Waals surface area contributed by atoms with Gasteiger partial charge in [-0.1, -0.05) is 347 Å². The summed E-state index contributed by atoms with van der Waals surface area (Å²) in [5.41, 5.74) is 0. The highest BCUT2D eigenvalue weighted by Gasteiger charge is 2.44. The number of unbranched alkanes of at least 4 members (excludes halogenated alkanes) is 51. The lowest BCUT2D eigenvalue weighted by molar-refractivity contribution is -0.303. The van der Waals surface area contributed by atoms with Crippen LogP contribution in [0.5, 0.6) is 0 Å². The molecule has 0 spiro atoms. The molecule has 1 rings (SSSR count). The summed E-state index contributed by atoms with van der Waals surface area (Å²) in [6, 6.07) is -1.17. The molecule has 1 amide bonds. The van der Waals surface area contributed by atoms with Gasteiger partial charge in [0, 0.05) is 0 Å². The van der Waals surface area contributed by atoms with Crippen molar-refractivity contribution in [3.63, 3.8) is 0 Å². The minimum absolute atomic E-state index is 0.264. The van der Waals surface area contributed by atoms with Crippen LogP contribution in [0.25, 0.3) is 0 Å². The van der Waals surface area contributed by atoms with Crippen molar-refractivity contribution in [2.24, 2.45) is 0 Å². The van der Waals surface area contributed by atoms with E-state index in [0.717, 1.165) is 38.5 Å². The zero-order valence-electron chi connectivity index (χ0n) is 54.7. The van der Waals surface area contributed by atoms with Crippen LogP contribution in [-0.2, 0) is 14.3 Å². The molecule has 1 saturated heterocycles. The molecule has 1 heterocycles. The highest BCUT2D eigenvalue weighted by Crippen LogP contribution is 2.24. The highest BCUT2D eigenvalue weighted by molar-refractivity contribution is 5.80. The average Bonchev–Trinajstić information content (AvgIpc) is 3.68. The zero-order valence-corrected chi connectivity index (χ0v) is 54.7. The van der Waals surface area contributed by atoms with Gasteiger partial charge in [0.05, 0.1) is 25.4 Å². The topological polar surface area (TPSA) is 189 Å². The van der Waals surface area contributed by atoms with E-state index in [-0.39, 0.29) is 6.42 Å². The molecule has 0 aromatic rings. The van der Waals surface area contributed by atoms with Crippen LogP contribution in [0, 0.1) is 0 Å². The summed E-state index contributed by atoms with van der Waals surface area (Å²) in [6.07, 6.45) is 64.4. The Morgan fingerprint density at radius 3 is 1.01 bits per heavy atom. The standard InChI is InChI=1S/C72H141NO10/c1-3-5-7-9-11-13-15-17-19-21-23-25-27-29-31-32-34-36-38-40-42-44-46-48-50-52-54-56-58-60-65(76)71(81)73-63(62-82-72-70(80)69(79)68(78)66(61-74)83-72)67(77)64(75)59-57-55-53-51-49-47-45-43-41-39-37-35-33-30-28-26-24-22-20-18-16-14-12-10-8-6-4-2/h29,31,63-70,72,74-80H,3-28,30,32-62H2,1-2H3,(H,73,81)/b31-29-. The number of ether oxygens (including phenoxy) is 2. The second kappa shape index (κ2) is 61.1. The highest BCUT2D eigenvalue weighted by atomic mass is 16.7. The number of carbonyl (C=O) groups excluding carboxylic acids is 1. The Balaban J connectivity index is 2.18. The SMILES string of the molecule is CCCCCCCCCCCCCC/C=C\CCCCCCCCCCCCCCCC(O)C(=O)NC(COC1OC(CO)C(O)C(O)C1O)C(O)C(O)CCCCCCCCCCCCCCCCCCCCCCCCCCCCC. The van der Waals surface area contributed by atoms with Crippen LogP contribution in [0.2, 0.25) is 0 Å². The van der Waals surface area contributed by atoms with Crippen LogP contribution in [-0.4, -0.2) is 110 Å². The molecule has 11 nitrogen and oxygen atoms in total. The molecular weight excluding hydrogens is 1040 g/mol. The maximum atomic E-state index is 13.3. The summed E-state index contributed by atoms with van der Waals surface area (Å²) in [5, 5.41) is 76.6. The van der Waals surface area contributed by atoms with Gasteiger partial charge >= 0.3 is 0 Å². The Morgan fingerprint density at radius 1 is 0.410 bits per heavy atom. The van der Waals surface area contributed by atoms with Gasteiger partial charge in [-0.3, -0.25) is 4.79 Å². The smallest absolute Gasteiger partial charge is 0.249 e. The van der Waals surface area contributed by atoms with Crippen LogP contribution in [0.3, 0.4) is 0 Å². The Morgan fingerprint density at radius 2 is 0.699 bits per heavy atom. The quantitative estimate of drug-likeness (QED) is 0.0215. The van der Waals surface area contributed by atoms with Crippen LogP contribution in [0.4, 0.5) is 0 Å². The summed E-state index contributed by atoms with van der Waals surface area (Å²) in [5.74, 6) is -0.689. The molecule has 1 aliphatic heterocycles. The second-order valence-corrected chi connectivity index (χ2v) is 26.0. The lowest BCUT2D eigenvalue weighted by atomic mass is 9.98. The van der Waals surface area contributed by atoms with Gasteiger partial charge < -0.3 is 50.5 Å². The minimum Gasteiger partial charge on any atom is -0.394 e. The van der Waals surface area contributed by atoms with Crippen molar-refractivity contribution >= 4 is 5.91 Å². The van der Waals surface area contributed by atoms with Crippen LogP contribution < -0.4 is 5.32 Å². The van der Waals surface area contributed by atoms with Gasteiger partial charge in [-0.05, 0) is 38.5 Å². The third-order valence-electron chi connectivity index (χ3n) is 18.1. The number of nitrogens with one attached hydrogen (secondary N) is 1. The predicted molar refractivity (Wildman–Crippen MR) is 349 cm³/mol. The van der Waals surface area contributed by atoms with Crippen molar-refractivity contribution < 1.29 is 50.0 Å². The fraction of sp³-hybridized carbons (Fsp3) is 0.958. The van der Waals surface area contributed by atoms with E-state index in [4.69, 9.17) is 9.47 Å². The monoisotopic (exact) mass is 1180 g/mol. The number of amides is 1. The largest absolute Gasteiger partial charge is 0.394 e. The van der Waals surface area contributed by atoms with E-state index >= 15 is 0 Å². The summed E-state index contributed by atoms with van der Waals surface area (Å²) in [7, 11) is 0. The van der Waals surface area contributed by atoms with Crippen LogP contribution in [0.1, 0.15) is 373 Å². The maximum Gasteiger partial charge on any atom is 0.249 e. The molecule has 1 fully saturated rings. The Bertz CT molecular complexity index is 1350. The van der Waals surface area contributed by atoms with Gasteiger partial charge in [0.15, 0.2) is 6.29 Å². The van der Waals surface area contributed by atoms with E-state index in [1.54, 1.807) is 0 Å². The number of aliphatic hydroxyl groups is 7. The molecule has 494 valence electrons. The molecule has 0 bridgehead atoms. The summed E-state index contributed by atoms with van der Waals surface area (Å²) in [4.78, 5) is 13.3. The first-order chi connectivity index (χ1) is 40.7. The third-order valence-corrected chi connectivity index (χ3v) is 18.1. The Labute approximate surface area is 512 Å². The lowest BCUT2D eigenvalue weighted by Gasteiger charge is -2.40. The number of hydrogen-bond donors (Lipinski definition) is 8. The molecule has 83 heavy (non-hydrogen) atoms. The van der Waals surface area contributed by atoms with Gasteiger partial charge in [0.1, 0.15) is 36.6 Å². The molecule has 8 N–H and O–H groups in total. The first kappa shape index (κ1) is 79.9. The van der Waals surface area contributed by atoms with Crippen LogP contribution in [0.15, 0.2) is 12.2 Å². The lowest BCUT2D eigenvalue weighted by Crippen LogP contribution is -2.60. The maximum absolute atomic E-state index is 13.3. The number of hydrogen-bond acceptors (Lipinski definition) is 10. The second-order valence-electron chi connectivity index (χ2n) is 26.0. The zero-order chi connectivity index (χ0) is 60.3. The first-order valence-electron chi connectivity index (χ1n) is 36.6. The summed E-state index contributed by atoms with van der Waals surface area (Å²) in [6.45, 7) is 3.53. The third kappa shape index (κ3) is 48.5. The van der Waals surface area contributed by atoms with Gasteiger partial charge in [-0.25, -0.2) is 0 Å². The molecule has 0 aliphatic carbocycles. The van der Waals surface area contributed by atoms with Crippen molar-refractivity contribution in [1.29, 1.82) is 0 Å². The first-order valence-corrected chi connectivity index (χ1v) is 36.6. The van der Waals surface area contributed by atoms with Crippen molar-refractivity contribution in [3.05, 3.63) is 12.2 Å². The Kier molecular flexibility index (Phi) is 58.8. The molecule has 1 aliphatic rings.